The zero-order chi connectivity index (χ0) is 10.2. The van der Waals surface area contributed by atoms with Crippen LogP contribution >= 0.6 is 22.6 Å². The van der Waals surface area contributed by atoms with Crippen molar-refractivity contribution in [1.82, 2.24) is 0 Å². The second-order valence-electron chi connectivity index (χ2n) is 2.42. The molecule has 13 heavy (non-hydrogen) atoms. The summed E-state index contributed by atoms with van der Waals surface area (Å²) < 4.78 is 17.5. The Bertz CT molecular complexity index is 89.9. The van der Waals surface area contributed by atoms with Gasteiger partial charge in [0.1, 0.15) is 0 Å². The highest BCUT2D eigenvalue weighted by Gasteiger charge is 2.31. The van der Waals surface area contributed by atoms with Gasteiger partial charge in [-0.05, 0) is 20.8 Å². The lowest BCUT2D eigenvalue weighted by Gasteiger charge is -2.31. The van der Waals surface area contributed by atoms with Crippen molar-refractivity contribution in [2.24, 2.45) is 0 Å². The highest BCUT2D eigenvalue weighted by molar-refractivity contribution is 14.1. The van der Waals surface area contributed by atoms with Crippen LogP contribution in [0.2, 0.25) is 0 Å². The summed E-state index contributed by atoms with van der Waals surface area (Å²) >= 11 is 2.29. The van der Waals surface area contributed by atoms with Gasteiger partial charge in [-0.15, -0.1) is 0 Å². The molecule has 80 valence electrons. The Balaban J connectivity index is 4.19. The summed E-state index contributed by atoms with van der Waals surface area (Å²) in [6, 6.07) is 0. The molecule has 0 unspecified atom stereocenters. The minimum atomic E-state index is -0.806. The quantitative estimate of drug-likeness (QED) is 0.392. The standard InChI is InChI=1S/C9H19IO3/c1-4-11-9(7-8-10,12-5-2)13-6-3/h4-8H2,1-3H3. The van der Waals surface area contributed by atoms with Crippen molar-refractivity contribution in [2.45, 2.75) is 33.2 Å². The van der Waals surface area contributed by atoms with Crippen molar-refractivity contribution in [3.05, 3.63) is 0 Å². The van der Waals surface area contributed by atoms with E-state index < -0.39 is 5.97 Å². The minimum Gasteiger partial charge on any atom is -0.328 e. The second-order valence-corrected chi connectivity index (χ2v) is 3.50. The first-order valence-electron chi connectivity index (χ1n) is 4.72. The van der Waals surface area contributed by atoms with Crippen molar-refractivity contribution >= 4 is 22.6 Å². The Morgan fingerprint density at radius 2 is 1.31 bits per heavy atom. The van der Waals surface area contributed by atoms with Gasteiger partial charge in [0.25, 0.3) is 5.97 Å². The number of halogens is 1. The van der Waals surface area contributed by atoms with E-state index in [1.165, 1.54) is 0 Å². The van der Waals surface area contributed by atoms with E-state index in [1.54, 1.807) is 0 Å². The SMILES string of the molecule is CCOC(CCI)(OCC)OCC. The Hall–Kier alpha value is 0.610. The molecular weight excluding hydrogens is 283 g/mol. The van der Waals surface area contributed by atoms with Crippen LogP contribution < -0.4 is 0 Å². The van der Waals surface area contributed by atoms with Crippen LogP contribution in [0.3, 0.4) is 0 Å². The van der Waals surface area contributed by atoms with Gasteiger partial charge in [-0.25, -0.2) is 0 Å². The molecule has 0 atom stereocenters. The second kappa shape index (κ2) is 7.96. The summed E-state index contributed by atoms with van der Waals surface area (Å²) in [6.07, 6.45) is 0.767. The van der Waals surface area contributed by atoms with E-state index in [2.05, 4.69) is 22.6 Å². The van der Waals surface area contributed by atoms with Crippen molar-refractivity contribution < 1.29 is 14.2 Å². The highest BCUT2D eigenvalue weighted by Crippen LogP contribution is 2.21. The first-order valence-corrected chi connectivity index (χ1v) is 6.25. The first-order chi connectivity index (χ1) is 6.24. The number of hydrogen-bond acceptors (Lipinski definition) is 3. The van der Waals surface area contributed by atoms with Crippen LogP contribution in [0.4, 0.5) is 0 Å². The lowest BCUT2D eigenvalue weighted by Crippen LogP contribution is -2.39. The zero-order valence-electron chi connectivity index (χ0n) is 8.64. The minimum absolute atomic E-state index is 0.608. The van der Waals surface area contributed by atoms with Crippen LogP contribution in [0.15, 0.2) is 0 Å². The third kappa shape index (κ3) is 5.15. The molecule has 0 saturated heterocycles. The van der Waals surface area contributed by atoms with Gasteiger partial charge in [-0.3, -0.25) is 0 Å². The Morgan fingerprint density at radius 1 is 0.923 bits per heavy atom. The molecule has 0 amide bonds. The number of rotatable bonds is 8. The summed E-state index contributed by atoms with van der Waals surface area (Å²) in [5.41, 5.74) is 0. The van der Waals surface area contributed by atoms with E-state index in [4.69, 9.17) is 14.2 Å². The van der Waals surface area contributed by atoms with E-state index in [9.17, 15) is 0 Å². The molecule has 0 aromatic rings. The number of alkyl halides is 1. The van der Waals surface area contributed by atoms with Gasteiger partial charge in [0.2, 0.25) is 0 Å². The van der Waals surface area contributed by atoms with Gasteiger partial charge < -0.3 is 14.2 Å². The predicted octanol–water partition coefficient (Wildman–Crippen LogP) is 2.57. The van der Waals surface area contributed by atoms with E-state index in [1.807, 2.05) is 20.8 Å². The van der Waals surface area contributed by atoms with Crippen LogP contribution in [0.25, 0.3) is 0 Å². The summed E-state index contributed by atoms with van der Waals surface area (Å²) in [4.78, 5) is 0. The van der Waals surface area contributed by atoms with E-state index in [-0.39, 0.29) is 0 Å². The molecule has 0 N–H and O–H groups in total. The normalized spacial score (nSPS) is 12.0. The molecule has 0 aliphatic heterocycles. The fourth-order valence-corrected chi connectivity index (χ4v) is 1.78. The molecule has 0 bridgehead atoms. The molecule has 0 aromatic carbocycles. The van der Waals surface area contributed by atoms with Gasteiger partial charge in [-0.2, -0.15) is 0 Å². The maximum Gasteiger partial charge on any atom is 0.283 e. The highest BCUT2D eigenvalue weighted by atomic mass is 127. The van der Waals surface area contributed by atoms with Crippen LogP contribution in [0, 0.1) is 0 Å². The van der Waals surface area contributed by atoms with Crippen LogP contribution in [0.1, 0.15) is 27.2 Å². The Kier molecular flexibility index (Phi) is 8.34. The summed E-state index contributed by atoms with van der Waals surface area (Å²) in [6.45, 7) is 7.66. The molecule has 0 fully saturated rings. The van der Waals surface area contributed by atoms with Crippen LogP contribution in [-0.2, 0) is 14.2 Å². The first kappa shape index (κ1) is 13.6. The molecule has 0 rings (SSSR count). The van der Waals surface area contributed by atoms with Gasteiger partial charge in [0, 0.05) is 30.7 Å². The Morgan fingerprint density at radius 3 is 1.54 bits per heavy atom. The zero-order valence-corrected chi connectivity index (χ0v) is 10.8. The average molecular weight is 302 g/mol. The monoisotopic (exact) mass is 302 g/mol. The topological polar surface area (TPSA) is 27.7 Å². The van der Waals surface area contributed by atoms with Crippen molar-refractivity contribution in [2.75, 3.05) is 24.2 Å². The molecular formula is C9H19IO3. The molecule has 4 heteroatoms. The fourth-order valence-electron chi connectivity index (χ4n) is 1.12. The molecule has 0 aliphatic rings. The summed E-state index contributed by atoms with van der Waals surface area (Å²) in [5, 5.41) is 0. The van der Waals surface area contributed by atoms with E-state index in [0.29, 0.717) is 19.8 Å². The molecule has 0 aromatic heterocycles. The van der Waals surface area contributed by atoms with Gasteiger partial charge >= 0.3 is 0 Å². The smallest absolute Gasteiger partial charge is 0.283 e. The maximum atomic E-state index is 5.50. The van der Waals surface area contributed by atoms with Crippen LogP contribution in [0.5, 0.6) is 0 Å². The fraction of sp³-hybridized carbons (Fsp3) is 1.00. The third-order valence-corrected chi connectivity index (χ3v) is 2.03. The van der Waals surface area contributed by atoms with Crippen molar-refractivity contribution in [3.63, 3.8) is 0 Å². The maximum absolute atomic E-state index is 5.50. The van der Waals surface area contributed by atoms with Gasteiger partial charge in [-0.1, -0.05) is 22.6 Å². The van der Waals surface area contributed by atoms with Crippen LogP contribution in [-0.4, -0.2) is 30.2 Å². The number of hydrogen-bond donors (Lipinski definition) is 0. The predicted molar refractivity (Wildman–Crippen MR) is 61.1 cm³/mol. The summed E-state index contributed by atoms with van der Waals surface area (Å²) in [5.74, 6) is -0.806. The Labute approximate surface area is 94.3 Å². The summed E-state index contributed by atoms with van der Waals surface area (Å²) in [7, 11) is 0. The van der Waals surface area contributed by atoms with Gasteiger partial charge in [0.05, 0.1) is 0 Å². The molecule has 0 saturated carbocycles. The largest absolute Gasteiger partial charge is 0.328 e. The average Bonchev–Trinajstić information content (AvgIpc) is 2.06. The molecule has 0 spiro atoms. The third-order valence-electron chi connectivity index (χ3n) is 1.49. The van der Waals surface area contributed by atoms with E-state index >= 15 is 0 Å². The molecule has 0 heterocycles. The van der Waals surface area contributed by atoms with Crippen molar-refractivity contribution in [1.29, 1.82) is 0 Å². The number of ether oxygens (including phenoxy) is 3. The molecule has 0 aliphatic carbocycles. The molecule has 0 radical (unpaired) electrons. The molecule has 3 nitrogen and oxygen atoms in total. The van der Waals surface area contributed by atoms with E-state index in [0.717, 1.165) is 10.8 Å². The lowest BCUT2D eigenvalue weighted by atomic mass is 10.4. The van der Waals surface area contributed by atoms with Crippen molar-refractivity contribution in [3.8, 4) is 0 Å². The lowest BCUT2D eigenvalue weighted by molar-refractivity contribution is -0.377. The van der Waals surface area contributed by atoms with Gasteiger partial charge in [0.15, 0.2) is 0 Å².